The van der Waals surface area contributed by atoms with Crippen LogP contribution in [0.15, 0.2) is 60.7 Å². The second-order valence-corrected chi connectivity index (χ2v) is 8.22. The maximum Gasteiger partial charge on any atom is 0.119 e. The number of thiophene rings is 1. The summed E-state index contributed by atoms with van der Waals surface area (Å²) in [6, 6.07) is 21.3. The van der Waals surface area contributed by atoms with Crippen LogP contribution in [-0.2, 0) is 0 Å². The Morgan fingerprint density at radius 2 is 1.23 bits per heavy atom. The van der Waals surface area contributed by atoms with Crippen molar-refractivity contribution in [1.82, 2.24) is 0 Å². The van der Waals surface area contributed by atoms with E-state index in [2.05, 4.69) is 36.7 Å². The minimum Gasteiger partial charge on any atom is -0.494 e. The van der Waals surface area contributed by atoms with E-state index in [1.54, 1.807) is 23.5 Å². The third kappa shape index (κ3) is 7.71. The molecule has 0 aliphatic rings. The van der Waals surface area contributed by atoms with E-state index in [0.717, 1.165) is 39.7 Å². The molecule has 0 saturated carbocycles. The predicted octanol–water partition coefficient (Wildman–Crippen LogP) is 6.77. The smallest absolute Gasteiger partial charge is 0.119 e. The Morgan fingerprint density at radius 3 is 1.81 bits per heavy atom. The summed E-state index contributed by atoms with van der Waals surface area (Å²) in [5, 5.41) is 8.85. The van der Waals surface area contributed by atoms with Crippen molar-refractivity contribution in [1.29, 1.82) is 5.26 Å². The van der Waals surface area contributed by atoms with Gasteiger partial charge in [-0.15, -0.1) is 11.3 Å². The Hall–Kier alpha value is -3.45. The molecule has 0 amide bonds. The fourth-order valence-electron chi connectivity index (χ4n) is 2.90. The number of rotatable bonds is 7. The monoisotopic (exact) mass is 423 g/mol. The SMILES string of the molecule is CCCCCCCOc1ccc(C#Cc2ccc(C#Cc3ccc(C#N)cc3)s2)cc1. The number of nitriles is 1. The summed E-state index contributed by atoms with van der Waals surface area (Å²) >= 11 is 1.58. The van der Waals surface area contributed by atoms with Gasteiger partial charge in [-0.05, 0) is 67.1 Å². The van der Waals surface area contributed by atoms with E-state index in [-0.39, 0.29) is 0 Å². The number of hydrogen-bond donors (Lipinski definition) is 0. The zero-order valence-corrected chi connectivity index (χ0v) is 18.6. The topological polar surface area (TPSA) is 33.0 Å². The second-order valence-electron chi connectivity index (χ2n) is 7.14. The molecule has 1 aromatic heterocycles. The molecule has 0 radical (unpaired) electrons. The first kappa shape index (κ1) is 22.2. The summed E-state index contributed by atoms with van der Waals surface area (Å²) in [6.07, 6.45) is 6.21. The quantitative estimate of drug-likeness (QED) is 0.310. The van der Waals surface area contributed by atoms with Crippen LogP contribution in [0.5, 0.6) is 5.75 Å². The lowest BCUT2D eigenvalue weighted by atomic mass is 10.1. The molecule has 0 aliphatic heterocycles. The zero-order chi connectivity index (χ0) is 21.7. The number of hydrogen-bond acceptors (Lipinski definition) is 3. The van der Waals surface area contributed by atoms with Crippen molar-refractivity contribution < 1.29 is 4.74 Å². The fourth-order valence-corrected chi connectivity index (χ4v) is 3.61. The molecule has 31 heavy (non-hydrogen) atoms. The first-order valence-corrected chi connectivity index (χ1v) is 11.5. The van der Waals surface area contributed by atoms with E-state index >= 15 is 0 Å². The molecule has 0 atom stereocenters. The lowest BCUT2D eigenvalue weighted by Gasteiger charge is -2.05. The molecule has 0 bridgehead atoms. The van der Waals surface area contributed by atoms with Crippen molar-refractivity contribution in [2.45, 2.75) is 39.0 Å². The number of unbranched alkanes of at least 4 members (excludes halogenated alkanes) is 4. The molecule has 154 valence electrons. The molecule has 2 nitrogen and oxygen atoms in total. The van der Waals surface area contributed by atoms with Gasteiger partial charge in [-0.25, -0.2) is 0 Å². The van der Waals surface area contributed by atoms with Gasteiger partial charge in [0, 0.05) is 11.1 Å². The first-order valence-electron chi connectivity index (χ1n) is 10.6. The summed E-state index contributed by atoms with van der Waals surface area (Å²) in [5.41, 5.74) is 2.50. The number of nitrogens with zero attached hydrogens (tertiary/aromatic N) is 1. The number of benzene rings is 2. The molecule has 0 unspecified atom stereocenters. The van der Waals surface area contributed by atoms with Gasteiger partial charge >= 0.3 is 0 Å². The van der Waals surface area contributed by atoms with Crippen molar-refractivity contribution in [2.24, 2.45) is 0 Å². The van der Waals surface area contributed by atoms with Crippen LogP contribution in [0.2, 0.25) is 0 Å². The van der Waals surface area contributed by atoms with Gasteiger partial charge in [0.1, 0.15) is 5.75 Å². The summed E-state index contributed by atoms with van der Waals surface area (Å²) in [5.74, 6) is 13.6. The molecule has 0 fully saturated rings. The largest absolute Gasteiger partial charge is 0.494 e. The Morgan fingerprint density at radius 1 is 0.677 bits per heavy atom. The lowest BCUT2D eigenvalue weighted by molar-refractivity contribution is 0.304. The highest BCUT2D eigenvalue weighted by Crippen LogP contribution is 2.16. The Kier molecular flexibility index (Phi) is 8.82. The molecule has 0 N–H and O–H groups in total. The summed E-state index contributed by atoms with van der Waals surface area (Å²) in [4.78, 5) is 1.95. The average Bonchev–Trinajstić information content (AvgIpc) is 3.27. The molecule has 3 heteroatoms. The van der Waals surface area contributed by atoms with E-state index in [4.69, 9.17) is 10.00 Å². The van der Waals surface area contributed by atoms with Crippen molar-refractivity contribution in [3.05, 3.63) is 87.1 Å². The van der Waals surface area contributed by atoms with E-state index in [1.165, 1.54) is 25.7 Å². The molecule has 3 aromatic rings. The molecule has 0 spiro atoms. The van der Waals surface area contributed by atoms with Crippen molar-refractivity contribution in [3.8, 4) is 35.5 Å². The molecule has 3 rings (SSSR count). The van der Waals surface area contributed by atoms with E-state index < -0.39 is 0 Å². The van der Waals surface area contributed by atoms with Gasteiger partial charge in [-0.2, -0.15) is 5.26 Å². The van der Waals surface area contributed by atoms with E-state index in [0.29, 0.717) is 5.56 Å². The van der Waals surface area contributed by atoms with Crippen LogP contribution >= 0.6 is 11.3 Å². The molecule has 0 saturated heterocycles. The van der Waals surface area contributed by atoms with Gasteiger partial charge in [-0.3, -0.25) is 0 Å². The molecular formula is C28H25NOS. The van der Waals surface area contributed by atoms with Crippen LogP contribution in [-0.4, -0.2) is 6.61 Å². The minimum absolute atomic E-state index is 0.640. The highest BCUT2D eigenvalue weighted by molar-refractivity contribution is 7.13. The van der Waals surface area contributed by atoms with Gasteiger partial charge in [0.2, 0.25) is 0 Å². The maximum atomic E-state index is 8.85. The maximum absolute atomic E-state index is 8.85. The predicted molar refractivity (Wildman–Crippen MR) is 128 cm³/mol. The molecular weight excluding hydrogens is 398 g/mol. The van der Waals surface area contributed by atoms with Gasteiger partial charge in [0.15, 0.2) is 0 Å². The van der Waals surface area contributed by atoms with Crippen LogP contribution < -0.4 is 4.74 Å². The van der Waals surface area contributed by atoms with Gasteiger partial charge in [-0.1, -0.05) is 56.3 Å². The first-order chi connectivity index (χ1) is 15.3. The van der Waals surface area contributed by atoms with Crippen molar-refractivity contribution in [3.63, 3.8) is 0 Å². The lowest BCUT2D eigenvalue weighted by Crippen LogP contribution is -1.97. The van der Waals surface area contributed by atoms with Crippen molar-refractivity contribution >= 4 is 11.3 Å². The molecule has 1 heterocycles. The van der Waals surface area contributed by atoms with Crippen LogP contribution in [0.1, 0.15) is 65.5 Å². The zero-order valence-electron chi connectivity index (χ0n) is 17.8. The van der Waals surface area contributed by atoms with Crippen LogP contribution in [0.25, 0.3) is 0 Å². The van der Waals surface area contributed by atoms with Crippen LogP contribution in [0.4, 0.5) is 0 Å². The van der Waals surface area contributed by atoms with Crippen LogP contribution in [0, 0.1) is 35.0 Å². The number of ether oxygens (including phenoxy) is 1. The highest BCUT2D eigenvalue weighted by atomic mass is 32.1. The van der Waals surface area contributed by atoms with E-state index in [1.807, 2.05) is 48.5 Å². The van der Waals surface area contributed by atoms with Crippen molar-refractivity contribution in [2.75, 3.05) is 6.61 Å². The van der Waals surface area contributed by atoms with Crippen LogP contribution in [0.3, 0.4) is 0 Å². The summed E-state index contributed by atoms with van der Waals surface area (Å²) in [6.45, 7) is 3.00. The summed E-state index contributed by atoms with van der Waals surface area (Å²) < 4.78 is 5.81. The fraction of sp³-hybridized carbons (Fsp3) is 0.250. The van der Waals surface area contributed by atoms with Gasteiger partial charge in [0.05, 0.1) is 28.0 Å². The standard InChI is InChI=1S/C28H25NOS/c1-2-3-4-5-6-21-30-26-15-11-24(12-16-26)14-18-28-20-19-27(31-28)17-13-23-7-9-25(22-29)10-8-23/h7-12,15-16,19-20H,2-6,21H2,1H3. The third-order valence-electron chi connectivity index (χ3n) is 4.65. The van der Waals surface area contributed by atoms with E-state index in [9.17, 15) is 0 Å². The van der Waals surface area contributed by atoms with Gasteiger partial charge < -0.3 is 4.74 Å². The molecule has 2 aromatic carbocycles. The Labute approximate surface area is 189 Å². The summed E-state index contributed by atoms with van der Waals surface area (Å²) in [7, 11) is 0. The highest BCUT2D eigenvalue weighted by Gasteiger charge is 1.97. The average molecular weight is 424 g/mol. The Balaban J connectivity index is 1.51. The normalized spacial score (nSPS) is 9.68. The minimum atomic E-state index is 0.640. The van der Waals surface area contributed by atoms with Gasteiger partial charge in [0.25, 0.3) is 0 Å². The second kappa shape index (κ2) is 12.3. The molecule has 0 aliphatic carbocycles. The Bertz CT molecular complexity index is 1130. The third-order valence-corrected chi connectivity index (χ3v) is 5.57.